The predicted molar refractivity (Wildman–Crippen MR) is 163 cm³/mol. The summed E-state index contributed by atoms with van der Waals surface area (Å²) in [5, 5.41) is 0. The van der Waals surface area contributed by atoms with Crippen molar-refractivity contribution in [3.8, 4) is 5.75 Å². The molecule has 4 aromatic rings. The Morgan fingerprint density at radius 3 is 1.81 bits per heavy atom. The quantitative estimate of drug-likeness (QED) is 0.161. The first-order valence-electron chi connectivity index (χ1n) is 14.3. The lowest BCUT2D eigenvalue weighted by molar-refractivity contribution is -0.139. The van der Waals surface area contributed by atoms with Gasteiger partial charge >= 0.3 is 5.97 Å². The minimum absolute atomic E-state index is 0.0466. The summed E-state index contributed by atoms with van der Waals surface area (Å²) in [5.74, 6) is -2.94. The van der Waals surface area contributed by atoms with Gasteiger partial charge in [0.2, 0.25) is 17.7 Å². The number of nitrogens with zero attached hydrogens (tertiary/aromatic N) is 2. The summed E-state index contributed by atoms with van der Waals surface area (Å²) in [5.41, 5.74) is 5.54. The number of ether oxygens (including phenoxy) is 1. The summed E-state index contributed by atoms with van der Waals surface area (Å²) in [6, 6.07) is 30.2. The van der Waals surface area contributed by atoms with E-state index in [2.05, 4.69) is 40.2 Å². The van der Waals surface area contributed by atoms with Crippen molar-refractivity contribution in [2.75, 3.05) is 16.3 Å². The number of carbonyl (C=O) groups excluding carboxylic acids is 4. The average molecular weight is 633 g/mol. The number of rotatable bonds is 4. The maximum absolute atomic E-state index is 14.1. The number of imide groups is 1. The number of anilines is 2. The van der Waals surface area contributed by atoms with Gasteiger partial charge in [-0.05, 0) is 58.7 Å². The van der Waals surface area contributed by atoms with Crippen LogP contribution in [0.2, 0.25) is 0 Å². The lowest BCUT2D eigenvalue weighted by Crippen LogP contribution is -2.41. The number of benzene rings is 4. The van der Waals surface area contributed by atoms with Crippen molar-refractivity contribution in [2.24, 2.45) is 17.8 Å². The predicted octanol–water partition coefficient (Wildman–Crippen LogP) is 5.80. The van der Waals surface area contributed by atoms with Gasteiger partial charge in [0.1, 0.15) is 5.75 Å². The Bertz CT molecular complexity index is 1740. The molecule has 2 aliphatic heterocycles. The maximum atomic E-state index is 14.1. The molecular weight excluding hydrogens is 608 g/mol. The molecule has 2 heterocycles. The Morgan fingerprint density at radius 2 is 1.26 bits per heavy atom. The molecule has 43 heavy (non-hydrogen) atoms. The maximum Gasteiger partial charge on any atom is 0.316 e. The Hall–Kier alpha value is -4.56. The summed E-state index contributed by atoms with van der Waals surface area (Å²) in [6.45, 7) is 0.218. The van der Waals surface area contributed by atoms with Crippen molar-refractivity contribution in [1.29, 1.82) is 0 Å². The van der Waals surface area contributed by atoms with E-state index < -0.39 is 23.7 Å². The molecule has 0 spiro atoms. The molecule has 2 saturated heterocycles. The zero-order valence-corrected chi connectivity index (χ0v) is 24.4. The van der Waals surface area contributed by atoms with Crippen LogP contribution in [0.4, 0.5) is 11.4 Å². The number of amides is 3. The van der Waals surface area contributed by atoms with E-state index in [1.807, 2.05) is 48.5 Å². The first-order chi connectivity index (χ1) is 20.9. The molecule has 0 radical (unpaired) electrons. The molecule has 212 valence electrons. The van der Waals surface area contributed by atoms with Gasteiger partial charge < -0.3 is 9.64 Å². The highest BCUT2D eigenvalue weighted by molar-refractivity contribution is 9.10. The fraction of sp³-hybridized carbons (Fsp3) is 0.200. The van der Waals surface area contributed by atoms with Crippen LogP contribution in [0.3, 0.4) is 0 Å². The van der Waals surface area contributed by atoms with Crippen molar-refractivity contribution >= 4 is 51.0 Å². The van der Waals surface area contributed by atoms with Gasteiger partial charge in [-0.3, -0.25) is 19.2 Å². The summed E-state index contributed by atoms with van der Waals surface area (Å²) in [7, 11) is 0. The molecule has 0 unspecified atom stereocenters. The largest absolute Gasteiger partial charge is 0.426 e. The third kappa shape index (κ3) is 3.93. The summed E-state index contributed by atoms with van der Waals surface area (Å²) in [4.78, 5) is 56.9. The van der Waals surface area contributed by atoms with E-state index >= 15 is 0 Å². The molecule has 2 fully saturated rings. The molecule has 3 atom stereocenters. The van der Waals surface area contributed by atoms with Crippen LogP contribution in [0.15, 0.2) is 102 Å². The molecule has 9 rings (SSSR count). The van der Waals surface area contributed by atoms with Crippen LogP contribution >= 0.6 is 15.9 Å². The minimum atomic E-state index is -0.634. The molecule has 8 heteroatoms. The second-order valence-electron chi connectivity index (χ2n) is 11.6. The Balaban J connectivity index is 1.06. The van der Waals surface area contributed by atoms with E-state index in [0.717, 1.165) is 32.4 Å². The van der Waals surface area contributed by atoms with Crippen LogP contribution in [-0.4, -0.2) is 30.2 Å². The number of esters is 1. The lowest BCUT2D eigenvalue weighted by Gasteiger charge is -2.45. The monoisotopic (exact) mass is 632 g/mol. The van der Waals surface area contributed by atoms with Crippen molar-refractivity contribution in [2.45, 2.75) is 18.3 Å². The highest BCUT2D eigenvalue weighted by atomic mass is 79.9. The molecule has 2 bridgehead atoms. The standard InChI is InChI=1S/C35H25BrN2O5/c36-20-12-14-21(15-13-20)37-18-19(16-28(37)39)35(42)43-23-7-5-6-22(17-23)38-33(40)31-29-24-8-1-2-9-25(24)30(32(31)34(38)41)27-11-4-3-10-26(27)29/h1-15,17,19,29-32H,16,18H2/t19-,29?,30?,31-,32-/m1/s1. The molecule has 0 aromatic heterocycles. The van der Waals surface area contributed by atoms with E-state index in [1.165, 1.54) is 4.90 Å². The van der Waals surface area contributed by atoms with Crippen LogP contribution in [0, 0.1) is 17.8 Å². The molecule has 3 aliphatic carbocycles. The van der Waals surface area contributed by atoms with E-state index in [0.29, 0.717) is 5.69 Å². The second kappa shape index (κ2) is 9.74. The van der Waals surface area contributed by atoms with Gasteiger partial charge in [0.15, 0.2) is 0 Å². The fourth-order valence-corrected chi connectivity index (χ4v) is 7.82. The highest BCUT2D eigenvalue weighted by Gasteiger charge is 2.61. The van der Waals surface area contributed by atoms with Crippen LogP contribution in [0.5, 0.6) is 5.75 Å². The Labute approximate surface area is 256 Å². The van der Waals surface area contributed by atoms with Gasteiger partial charge in [0, 0.05) is 41.0 Å². The van der Waals surface area contributed by atoms with E-state index in [1.54, 1.807) is 29.2 Å². The molecule has 3 amide bonds. The molecule has 0 N–H and O–H groups in total. The Kier molecular flexibility index (Phi) is 5.91. The Morgan fingerprint density at radius 1 is 0.698 bits per heavy atom. The third-order valence-electron chi connectivity index (χ3n) is 9.34. The molecule has 7 nitrogen and oxygen atoms in total. The topological polar surface area (TPSA) is 84.0 Å². The van der Waals surface area contributed by atoms with Gasteiger partial charge in [-0.25, -0.2) is 4.90 Å². The minimum Gasteiger partial charge on any atom is -0.426 e. The van der Waals surface area contributed by atoms with Gasteiger partial charge in [0.05, 0.1) is 23.4 Å². The van der Waals surface area contributed by atoms with Crippen molar-refractivity contribution < 1.29 is 23.9 Å². The molecule has 0 saturated carbocycles. The average Bonchev–Trinajstić information content (AvgIpc) is 3.54. The van der Waals surface area contributed by atoms with Crippen LogP contribution in [-0.2, 0) is 19.2 Å². The smallest absolute Gasteiger partial charge is 0.316 e. The normalized spacial score (nSPS) is 25.0. The number of halogens is 1. The van der Waals surface area contributed by atoms with Crippen molar-refractivity contribution in [1.82, 2.24) is 0 Å². The SMILES string of the molecule is O=C(Oc1cccc(N2C(=O)[C@@H]3C4c5ccccc5C(c5ccccc54)[C@H]3C2=O)c1)[C@@H]1CC(=O)N(c2ccc(Br)cc2)C1. The van der Waals surface area contributed by atoms with Gasteiger partial charge in [-0.1, -0.05) is 70.5 Å². The number of hydrogen-bond acceptors (Lipinski definition) is 5. The molecule has 5 aliphatic rings. The first-order valence-corrected chi connectivity index (χ1v) is 15.1. The summed E-state index contributed by atoms with van der Waals surface area (Å²) < 4.78 is 6.62. The van der Waals surface area contributed by atoms with E-state index in [4.69, 9.17) is 4.74 Å². The zero-order chi connectivity index (χ0) is 29.4. The van der Waals surface area contributed by atoms with Gasteiger partial charge in [-0.15, -0.1) is 0 Å². The first kappa shape index (κ1) is 26.1. The molecular formula is C35H25BrN2O5. The second-order valence-corrected chi connectivity index (χ2v) is 12.5. The summed E-state index contributed by atoms with van der Waals surface area (Å²) in [6.07, 6.45) is 0.0466. The van der Waals surface area contributed by atoms with Crippen molar-refractivity contribution in [3.63, 3.8) is 0 Å². The van der Waals surface area contributed by atoms with Crippen LogP contribution < -0.4 is 14.5 Å². The lowest BCUT2D eigenvalue weighted by atomic mass is 9.55. The van der Waals surface area contributed by atoms with Crippen molar-refractivity contribution in [3.05, 3.63) is 124 Å². The number of carbonyl (C=O) groups is 4. The third-order valence-corrected chi connectivity index (χ3v) is 9.87. The molecule has 4 aromatic carbocycles. The highest BCUT2D eigenvalue weighted by Crippen LogP contribution is 2.61. The fourth-order valence-electron chi connectivity index (χ4n) is 7.55. The van der Waals surface area contributed by atoms with Crippen LogP contribution in [0.1, 0.15) is 40.5 Å². The van der Waals surface area contributed by atoms with E-state index in [-0.39, 0.29) is 48.3 Å². The van der Waals surface area contributed by atoms with E-state index in [9.17, 15) is 19.2 Å². The van der Waals surface area contributed by atoms with Gasteiger partial charge in [-0.2, -0.15) is 0 Å². The van der Waals surface area contributed by atoms with Gasteiger partial charge in [0.25, 0.3) is 0 Å². The number of hydrogen-bond donors (Lipinski definition) is 0. The zero-order valence-electron chi connectivity index (χ0n) is 22.9. The van der Waals surface area contributed by atoms with Crippen LogP contribution in [0.25, 0.3) is 0 Å². The summed E-state index contributed by atoms with van der Waals surface area (Å²) >= 11 is 3.40.